The quantitative estimate of drug-likeness (QED) is 0.152. The Balaban J connectivity index is 0.969. The summed E-state index contributed by atoms with van der Waals surface area (Å²) in [5.74, 6) is 0.933. The van der Waals surface area contributed by atoms with Crippen LogP contribution in [-0.4, -0.2) is 0 Å². The van der Waals surface area contributed by atoms with Gasteiger partial charge in [-0.1, -0.05) is 170 Å². The van der Waals surface area contributed by atoms with Crippen LogP contribution in [0, 0.1) is 0 Å². The van der Waals surface area contributed by atoms with Gasteiger partial charge in [-0.05, 0) is 135 Å². The Hall–Kier alpha value is -8.66. The highest BCUT2D eigenvalue weighted by atomic mass is 16.3. The van der Waals surface area contributed by atoms with E-state index in [1.807, 2.05) is 0 Å². The minimum atomic E-state index is -0.583. The molecule has 0 N–H and O–H groups in total. The molecule has 0 fully saturated rings. The fourth-order valence-corrected chi connectivity index (χ4v) is 10.8. The molecule has 10 aromatic carbocycles. The van der Waals surface area contributed by atoms with Crippen molar-refractivity contribution in [3.05, 3.63) is 277 Å². The zero-order valence-corrected chi connectivity index (χ0v) is 36.1. The molecule has 0 bridgehead atoms. The lowest BCUT2D eigenvalue weighted by atomic mass is 9.70. The minimum Gasteiger partial charge on any atom is -0.456 e. The van der Waals surface area contributed by atoms with Gasteiger partial charge in [0.15, 0.2) is 0 Å². The van der Waals surface area contributed by atoms with E-state index < -0.39 is 5.41 Å². The third kappa shape index (κ3) is 5.84. The second kappa shape index (κ2) is 15.3. The van der Waals surface area contributed by atoms with Crippen molar-refractivity contribution >= 4 is 45.1 Å². The van der Waals surface area contributed by atoms with E-state index in [9.17, 15) is 0 Å². The summed E-state index contributed by atoms with van der Waals surface area (Å²) in [6, 6.07) is 92.0. The van der Waals surface area contributed by atoms with Crippen molar-refractivity contribution in [2.75, 3.05) is 9.80 Å². The summed E-state index contributed by atoms with van der Waals surface area (Å²) in [4.78, 5) is 4.68. The first kappa shape index (κ1) is 37.9. The van der Waals surface area contributed by atoms with Gasteiger partial charge < -0.3 is 14.2 Å². The molecule has 2 aliphatic rings. The van der Waals surface area contributed by atoms with E-state index in [1.165, 1.54) is 55.6 Å². The standard InChI is InChI=1S/C63H42N2O/c1-5-18-43(19-6-1)45-20-17-27-51(40-45)65(49-25-11-4-12-26-49)52-37-39-59-56(42-52)62-61(54-29-14-16-31-60(54)66-62)63(59)57-30-15-13-28-53(57)55-41-46(34-38-58(55)63)44-32-35-50(36-33-44)64(47-21-7-2-8-22-47)48-23-9-3-10-24-48/h1-42H. The summed E-state index contributed by atoms with van der Waals surface area (Å²) in [6.07, 6.45) is 0. The number of rotatable bonds is 8. The number of fused-ring (bicyclic) bond motifs is 12. The molecule has 0 saturated carbocycles. The third-order valence-corrected chi connectivity index (χ3v) is 13.6. The lowest BCUT2D eigenvalue weighted by Crippen LogP contribution is -2.26. The smallest absolute Gasteiger partial charge is 0.140 e. The topological polar surface area (TPSA) is 19.6 Å². The largest absolute Gasteiger partial charge is 0.456 e. The van der Waals surface area contributed by atoms with Crippen LogP contribution in [0.15, 0.2) is 259 Å². The van der Waals surface area contributed by atoms with Gasteiger partial charge in [0.25, 0.3) is 0 Å². The van der Waals surface area contributed by atoms with Gasteiger partial charge in [0.05, 0.1) is 5.41 Å². The Morgan fingerprint density at radius 3 is 1.45 bits per heavy atom. The molecule has 2 aliphatic carbocycles. The van der Waals surface area contributed by atoms with Gasteiger partial charge in [0.2, 0.25) is 0 Å². The summed E-state index contributed by atoms with van der Waals surface area (Å²) in [6.45, 7) is 0. The van der Waals surface area contributed by atoms with Crippen LogP contribution in [0.1, 0.15) is 22.3 Å². The normalized spacial score (nSPS) is 14.1. The van der Waals surface area contributed by atoms with Gasteiger partial charge in [0, 0.05) is 50.6 Å². The van der Waals surface area contributed by atoms with Crippen molar-refractivity contribution in [2.24, 2.45) is 0 Å². The summed E-state index contributed by atoms with van der Waals surface area (Å²) in [5, 5.41) is 1.14. The van der Waals surface area contributed by atoms with Crippen molar-refractivity contribution in [1.29, 1.82) is 0 Å². The van der Waals surface area contributed by atoms with Crippen LogP contribution in [0.2, 0.25) is 0 Å². The predicted molar refractivity (Wildman–Crippen MR) is 273 cm³/mol. The number of para-hydroxylation sites is 4. The van der Waals surface area contributed by atoms with Crippen LogP contribution in [0.3, 0.4) is 0 Å². The van der Waals surface area contributed by atoms with Gasteiger partial charge in [-0.15, -0.1) is 0 Å². The molecular weight excluding hydrogens is 801 g/mol. The fraction of sp³-hybridized carbons (Fsp3) is 0.0159. The molecule has 0 amide bonds. The van der Waals surface area contributed by atoms with Crippen LogP contribution in [0.5, 0.6) is 0 Å². The van der Waals surface area contributed by atoms with Crippen LogP contribution < -0.4 is 9.80 Å². The first-order valence-electron chi connectivity index (χ1n) is 22.7. The van der Waals surface area contributed by atoms with Crippen molar-refractivity contribution in [1.82, 2.24) is 0 Å². The van der Waals surface area contributed by atoms with Crippen molar-refractivity contribution < 1.29 is 4.42 Å². The van der Waals surface area contributed by atoms with E-state index in [0.29, 0.717) is 0 Å². The fourth-order valence-electron chi connectivity index (χ4n) is 10.8. The SMILES string of the molecule is c1ccc(-c2cccc(N(c3ccccc3)c3ccc4c(c3)-c3oc5ccccc5c3C43c4ccccc4-c4cc(-c5ccc(N(c6ccccc6)c6ccccc6)cc5)ccc43)c2)cc1. The molecular formula is C63H42N2O. The van der Waals surface area contributed by atoms with Gasteiger partial charge in [-0.3, -0.25) is 0 Å². The summed E-state index contributed by atoms with van der Waals surface area (Å²) < 4.78 is 7.04. The summed E-state index contributed by atoms with van der Waals surface area (Å²) >= 11 is 0. The minimum absolute atomic E-state index is 0.583. The molecule has 0 radical (unpaired) electrons. The molecule has 1 unspecified atom stereocenters. The van der Waals surface area contributed by atoms with E-state index >= 15 is 0 Å². The lowest BCUT2D eigenvalue weighted by molar-refractivity contribution is 0.628. The van der Waals surface area contributed by atoms with Gasteiger partial charge in [-0.25, -0.2) is 0 Å². The highest BCUT2D eigenvalue weighted by Gasteiger charge is 2.54. The Bertz CT molecular complexity index is 3540. The zero-order valence-electron chi connectivity index (χ0n) is 36.1. The molecule has 1 heterocycles. The average molecular weight is 843 g/mol. The van der Waals surface area contributed by atoms with Crippen LogP contribution >= 0.6 is 0 Å². The van der Waals surface area contributed by atoms with E-state index in [2.05, 4.69) is 265 Å². The Kier molecular flexibility index (Phi) is 8.75. The molecule has 0 aliphatic heterocycles. The van der Waals surface area contributed by atoms with Crippen LogP contribution in [0.4, 0.5) is 34.1 Å². The maximum atomic E-state index is 7.04. The molecule has 11 aromatic rings. The second-order valence-electron chi connectivity index (χ2n) is 17.2. The van der Waals surface area contributed by atoms with Gasteiger partial charge in [-0.2, -0.15) is 0 Å². The number of nitrogens with zero attached hydrogens (tertiary/aromatic N) is 2. The second-order valence-corrected chi connectivity index (χ2v) is 17.2. The van der Waals surface area contributed by atoms with Crippen molar-refractivity contribution in [3.63, 3.8) is 0 Å². The Morgan fingerprint density at radius 1 is 0.288 bits per heavy atom. The molecule has 1 atom stereocenters. The predicted octanol–water partition coefficient (Wildman–Crippen LogP) is 17.0. The first-order valence-corrected chi connectivity index (χ1v) is 22.7. The van der Waals surface area contributed by atoms with Gasteiger partial charge in [0.1, 0.15) is 11.3 Å². The first-order chi connectivity index (χ1) is 32.7. The molecule has 3 nitrogen and oxygen atoms in total. The summed E-state index contributed by atoms with van der Waals surface area (Å²) in [5.41, 5.74) is 20.2. The van der Waals surface area contributed by atoms with E-state index in [4.69, 9.17) is 4.42 Å². The van der Waals surface area contributed by atoms with E-state index in [-0.39, 0.29) is 0 Å². The van der Waals surface area contributed by atoms with E-state index in [0.717, 1.165) is 56.4 Å². The number of hydrogen-bond donors (Lipinski definition) is 0. The molecule has 1 spiro atoms. The molecule has 0 saturated heterocycles. The van der Waals surface area contributed by atoms with Crippen LogP contribution in [0.25, 0.3) is 55.7 Å². The monoisotopic (exact) mass is 842 g/mol. The molecule has 1 aromatic heterocycles. The number of hydrogen-bond acceptors (Lipinski definition) is 3. The van der Waals surface area contributed by atoms with Crippen LogP contribution in [-0.2, 0) is 5.41 Å². The van der Waals surface area contributed by atoms with Crippen molar-refractivity contribution in [3.8, 4) is 44.7 Å². The average Bonchev–Trinajstić information content (AvgIpc) is 4.01. The highest BCUT2D eigenvalue weighted by Crippen LogP contribution is 2.65. The zero-order chi connectivity index (χ0) is 43.6. The van der Waals surface area contributed by atoms with E-state index in [1.54, 1.807) is 0 Å². The Labute approximate surface area is 384 Å². The maximum absolute atomic E-state index is 7.04. The Morgan fingerprint density at radius 2 is 0.742 bits per heavy atom. The number of benzene rings is 10. The number of anilines is 6. The molecule has 310 valence electrons. The molecule has 13 rings (SSSR count). The van der Waals surface area contributed by atoms with Crippen molar-refractivity contribution in [2.45, 2.75) is 5.41 Å². The lowest BCUT2D eigenvalue weighted by Gasteiger charge is -2.31. The molecule has 66 heavy (non-hydrogen) atoms. The summed E-state index contributed by atoms with van der Waals surface area (Å²) in [7, 11) is 0. The third-order valence-electron chi connectivity index (χ3n) is 13.6. The number of furan rings is 1. The maximum Gasteiger partial charge on any atom is 0.140 e. The highest BCUT2D eigenvalue weighted by molar-refractivity contribution is 6.03. The molecule has 3 heteroatoms. The van der Waals surface area contributed by atoms with Gasteiger partial charge >= 0.3 is 0 Å².